The third-order valence-electron chi connectivity index (χ3n) is 2.28. The van der Waals surface area contributed by atoms with Gasteiger partial charge in [-0.25, -0.2) is 4.98 Å². The van der Waals surface area contributed by atoms with Crippen LogP contribution in [0, 0.1) is 18.3 Å². The molecule has 0 saturated heterocycles. The largest absolute Gasteiger partial charge is 0.353 e. The Hall–Kier alpha value is -2.05. The van der Waals surface area contributed by atoms with Gasteiger partial charge in [0.25, 0.3) is 0 Å². The van der Waals surface area contributed by atoms with Crippen LogP contribution in [0.2, 0.25) is 5.02 Å². The van der Waals surface area contributed by atoms with Gasteiger partial charge < -0.3 is 5.32 Å². The second kappa shape index (κ2) is 4.86. The quantitative estimate of drug-likeness (QED) is 0.876. The Kier molecular flexibility index (Phi) is 3.27. The number of rotatable bonds is 2. The summed E-state index contributed by atoms with van der Waals surface area (Å²) in [5.74, 6) is 0. The van der Waals surface area contributed by atoms with Crippen molar-refractivity contribution in [2.24, 2.45) is 0 Å². The third-order valence-corrected chi connectivity index (χ3v) is 2.61. The number of hydrogen-bond donors (Lipinski definition) is 1. The van der Waals surface area contributed by atoms with Gasteiger partial charge in [0, 0.05) is 0 Å². The van der Waals surface area contributed by atoms with Crippen molar-refractivity contribution >= 4 is 23.0 Å². The lowest BCUT2D eigenvalue weighted by molar-refractivity contribution is 1.26. The molecule has 1 N–H and O–H groups in total. The molecule has 1 aromatic heterocycles. The Morgan fingerprint density at radius 2 is 2.12 bits per heavy atom. The average Bonchev–Trinajstić information content (AvgIpc) is 2.35. The molecule has 0 unspecified atom stereocenters. The SMILES string of the molecule is Cc1ccc(Cl)c(Nc2ccc(C#N)nc2)c1. The van der Waals surface area contributed by atoms with E-state index in [0.29, 0.717) is 10.7 Å². The van der Waals surface area contributed by atoms with Crippen LogP contribution in [-0.4, -0.2) is 4.98 Å². The smallest absolute Gasteiger partial charge is 0.140 e. The highest BCUT2D eigenvalue weighted by Crippen LogP contribution is 2.26. The van der Waals surface area contributed by atoms with E-state index >= 15 is 0 Å². The lowest BCUT2D eigenvalue weighted by Gasteiger charge is -2.08. The number of anilines is 2. The molecule has 0 atom stereocenters. The zero-order valence-electron chi connectivity index (χ0n) is 9.24. The van der Waals surface area contributed by atoms with Gasteiger partial charge in [0.1, 0.15) is 11.8 Å². The number of pyridine rings is 1. The molecule has 0 saturated carbocycles. The number of aryl methyl sites for hydroxylation is 1. The maximum Gasteiger partial charge on any atom is 0.140 e. The van der Waals surface area contributed by atoms with Crippen LogP contribution in [-0.2, 0) is 0 Å². The molecule has 0 amide bonds. The Morgan fingerprint density at radius 1 is 1.29 bits per heavy atom. The second-order valence-corrected chi connectivity index (χ2v) is 4.06. The van der Waals surface area contributed by atoms with Crippen molar-refractivity contribution in [3.8, 4) is 6.07 Å². The van der Waals surface area contributed by atoms with Crippen molar-refractivity contribution in [3.63, 3.8) is 0 Å². The van der Waals surface area contributed by atoms with Crippen molar-refractivity contribution in [1.29, 1.82) is 5.26 Å². The normalized spacial score (nSPS) is 9.71. The van der Waals surface area contributed by atoms with E-state index in [9.17, 15) is 0 Å². The summed E-state index contributed by atoms with van der Waals surface area (Å²) in [6, 6.07) is 11.2. The van der Waals surface area contributed by atoms with Crippen LogP contribution >= 0.6 is 11.6 Å². The molecule has 0 spiro atoms. The molecule has 2 aromatic rings. The zero-order valence-corrected chi connectivity index (χ0v) is 9.99. The lowest BCUT2D eigenvalue weighted by Crippen LogP contribution is -1.93. The summed E-state index contributed by atoms with van der Waals surface area (Å²) >= 11 is 6.07. The molecule has 0 bridgehead atoms. The first-order valence-corrected chi connectivity index (χ1v) is 5.46. The van der Waals surface area contributed by atoms with Crippen molar-refractivity contribution in [1.82, 2.24) is 4.98 Å². The summed E-state index contributed by atoms with van der Waals surface area (Å²) in [5.41, 5.74) is 3.15. The van der Waals surface area contributed by atoms with E-state index in [1.54, 1.807) is 18.3 Å². The van der Waals surface area contributed by atoms with Crippen molar-refractivity contribution in [2.75, 3.05) is 5.32 Å². The number of halogens is 1. The molecule has 0 fully saturated rings. The van der Waals surface area contributed by atoms with Gasteiger partial charge in [0.15, 0.2) is 0 Å². The highest BCUT2D eigenvalue weighted by Gasteiger charge is 2.01. The van der Waals surface area contributed by atoms with Gasteiger partial charge in [-0.2, -0.15) is 5.26 Å². The predicted molar refractivity (Wildman–Crippen MR) is 68.4 cm³/mol. The number of nitrogens with one attached hydrogen (secondary N) is 1. The highest BCUT2D eigenvalue weighted by molar-refractivity contribution is 6.33. The van der Waals surface area contributed by atoms with Crippen molar-refractivity contribution in [3.05, 3.63) is 52.8 Å². The van der Waals surface area contributed by atoms with E-state index in [0.717, 1.165) is 16.9 Å². The summed E-state index contributed by atoms with van der Waals surface area (Å²) < 4.78 is 0. The third kappa shape index (κ3) is 2.74. The van der Waals surface area contributed by atoms with Crippen LogP contribution in [0.4, 0.5) is 11.4 Å². The second-order valence-electron chi connectivity index (χ2n) is 3.65. The Morgan fingerprint density at radius 3 is 2.76 bits per heavy atom. The molecule has 2 rings (SSSR count). The molecule has 17 heavy (non-hydrogen) atoms. The highest BCUT2D eigenvalue weighted by atomic mass is 35.5. The molecule has 0 aliphatic carbocycles. The first kappa shape index (κ1) is 11.4. The minimum Gasteiger partial charge on any atom is -0.353 e. The Bertz CT molecular complexity index is 570. The number of nitrogens with zero attached hydrogens (tertiary/aromatic N) is 2. The molecule has 1 aromatic carbocycles. The molecular weight excluding hydrogens is 234 g/mol. The fourth-order valence-electron chi connectivity index (χ4n) is 1.42. The van der Waals surface area contributed by atoms with E-state index in [2.05, 4.69) is 10.3 Å². The summed E-state index contributed by atoms with van der Waals surface area (Å²) in [7, 11) is 0. The molecule has 0 aliphatic heterocycles. The molecule has 4 heteroatoms. The topological polar surface area (TPSA) is 48.7 Å². The van der Waals surface area contributed by atoms with Gasteiger partial charge in [-0.1, -0.05) is 17.7 Å². The van der Waals surface area contributed by atoms with Crippen molar-refractivity contribution < 1.29 is 0 Å². The Labute approximate surface area is 105 Å². The van der Waals surface area contributed by atoms with Gasteiger partial charge in [0.2, 0.25) is 0 Å². The number of hydrogen-bond acceptors (Lipinski definition) is 3. The van der Waals surface area contributed by atoms with E-state index in [-0.39, 0.29) is 0 Å². The fraction of sp³-hybridized carbons (Fsp3) is 0.0769. The standard InChI is InChI=1S/C13H10ClN3/c1-9-2-5-12(14)13(6-9)17-11-4-3-10(7-15)16-8-11/h2-6,8,17H,1H3. The summed E-state index contributed by atoms with van der Waals surface area (Å²) in [4.78, 5) is 3.98. The first-order valence-electron chi connectivity index (χ1n) is 5.08. The van der Waals surface area contributed by atoms with Crippen LogP contribution < -0.4 is 5.32 Å². The number of nitriles is 1. The maximum atomic E-state index is 8.64. The van der Waals surface area contributed by atoms with Crippen molar-refractivity contribution in [2.45, 2.75) is 6.92 Å². The van der Waals surface area contributed by atoms with E-state index in [1.807, 2.05) is 31.2 Å². The fourth-order valence-corrected chi connectivity index (χ4v) is 1.59. The number of benzene rings is 1. The maximum absolute atomic E-state index is 8.64. The van der Waals surface area contributed by atoms with Crippen LogP contribution in [0.15, 0.2) is 36.5 Å². The van der Waals surface area contributed by atoms with E-state index in [4.69, 9.17) is 16.9 Å². The summed E-state index contributed by atoms with van der Waals surface area (Å²) in [6.07, 6.45) is 1.61. The minimum atomic E-state index is 0.394. The monoisotopic (exact) mass is 243 g/mol. The average molecular weight is 244 g/mol. The van der Waals surface area contributed by atoms with Gasteiger partial charge >= 0.3 is 0 Å². The van der Waals surface area contributed by atoms with Crippen LogP contribution in [0.25, 0.3) is 0 Å². The molecule has 0 aliphatic rings. The van der Waals surface area contributed by atoms with Crippen LogP contribution in [0.3, 0.4) is 0 Å². The number of aromatic nitrogens is 1. The minimum absolute atomic E-state index is 0.394. The predicted octanol–water partition coefficient (Wildman–Crippen LogP) is 3.66. The first-order chi connectivity index (χ1) is 8.19. The van der Waals surface area contributed by atoms with E-state index < -0.39 is 0 Å². The Balaban J connectivity index is 2.25. The molecule has 1 heterocycles. The summed E-state index contributed by atoms with van der Waals surface area (Å²) in [5, 5.41) is 12.5. The van der Waals surface area contributed by atoms with E-state index in [1.165, 1.54) is 0 Å². The van der Waals surface area contributed by atoms with Gasteiger partial charge in [-0.3, -0.25) is 0 Å². The molecular formula is C13H10ClN3. The van der Waals surface area contributed by atoms with Gasteiger partial charge in [-0.15, -0.1) is 0 Å². The van der Waals surface area contributed by atoms with Crippen LogP contribution in [0.1, 0.15) is 11.3 Å². The molecule has 84 valence electrons. The zero-order chi connectivity index (χ0) is 12.3. The lowest BCUT2D eigenvalue weighted by atomic mass is 10.2. The summed E-state index contributed by atoms with van der Waals surface area (Å²) in [6.45, 7) is 2.00. The molecule has 3 nitrogen and oxygen atoms in total. The molecule has 0 radical (unpaired) electrons. The van der Waals surface area contributed by atoms with Crippen LogP contribution in [0.5, 0.6) is 0 Å². The van der Waals surface area contributed by atoms with Gasteiger partial charge in [-0.05, 0) is 36.8 Å². The van der Waals surface area contributed by atoms with Gasteiger partial charge in [0.05, 0.1) is 22.6 Å².